The summed E-state index contributed by atoms with van der Waals surface area (Å²) in [6.45, 7) is -0.943. The van der Waals surface area contributed by atoms with Gasteiger partial charge in [0.25, 0.3) is 0 Å². The lowest BCUT2D eigenvalue weighted by atomic mass is 10.1. The summed E-state index contributed by atoms with van der Waals surface area (Å²) in [5.41, 5.74) is 0.471. The van der Waals surface area contributed by atoms with E-state index in [2.05, 4.69) is 4.74 Å². The highest BCUT2D eigenvalue weighted by atomic mass is 19.1. The number of rotatable bonds is 4. The molecule has 1 aromatic rings. The minimum atomic E-state index is -1.31. The number of halogens is 1. The first-order valence-electron chi connectivity index (χ1n) is 4.64. The SMILES string of the molecule is COC(=O)c1ccc(OC)c(C(O)CF)c1. The molecule has 1 N–H and O–H groups in total. The van der Waals surface area contributed by atoms with Gasteiger partial charge in [-0.05, 0) is 18.2 Å². The zero-order valence-corrected chi connectivity index (χ0v) is 9.07. The van der Waals surface area contributed by atoms with Crippen LogP contribution in [0.1, 0.15) is 22.0 Å². The Morgan fingerprint density at radius 1 is 1.50 bits per heavy atom. The zero-order valence-electron chi connectivity index (χ0n) is 9.07. The molecule has 0 aliphatic heterocycles. The van der Waals surface area contributed by atoms with Gasteiger partial charge in [-0.15, -0.1) is 0 Å². The Kier molecular flexibility index (Phi) is 4.25. The first kappa shape index (κ1) is 12.4. The molecule has 0 spiro atoms. The lowest BCUT2D eigenvalue weighted by Crippen LogP contribution is -2.07. The van der Waals surface area contributed by atoms with Gasteiger partial charge in [0.2, 0.25) is 0 Å². The Morgan fingerprint density at radius 2 is 2.19 bits per heavy atom. The van der Waals surface area contributed by atoms with Gasteiger partial charge in [-0.1, -0.05) is 0 Å². The Balaban J connectivity index is 3.15. The van der Waals surface area contributed by atoms with Crippen LogP contribution in [0.15, 0.2) is 18.2 Å². The summed E-state index contributed by atoms with van der Waals surface area (Å²) in [4.78, 5) is 11.2. The number of methoxy groups -OCH3 is 2. The lowest BCUT2D eigenvalue weighted by Gasteiger charge is -2.12. The van der Waals surface area contributed by atoms with Crippen LogP contribution in [0.5, 0.6) is 5.75 Å². The van der Waals surface area contributed by atoms with Gasteiger partial charge in [-0.2, -0.15) is 0 Å². The van der Waals surface area contributed by atoms with Gasteiger partial charge in [0.1, 0.15) is 18.5 Å². The van der Waals surface area contributed by atoms with Crippen LogP contribution in [0.4, 0.5) is 4.39 Å². The predicted molar refractivity (Wildman–Crippen MR) is 55.3 cm³/mol. The molecule has 0 aliphatic rings. The van der Waals surface area contributed by atoms with Crippen LogP contribution in [-0.4, -0.2) is 32.0 Å². The summed E-state index contributed by atoms with van der Waals surface area (Å²) in [7, 11) is 2.65. The molecule has 0 radical (unpaired) electrons. The number of hydrogen-bond acceptors (Lipinski definition) is 4. The van der Waals surface area contributed by atoms with Crippen molar-refractivity contribution in [3.63, 3.8) is 0 Å². The minimum Gasteiger partial charge on any atom is -0.496 e. The molecule has 0 bridgehead atoms. The van der Waals surface area contributed by atoms with Crippen LogP contribution in [0.2, 0.25) is 0 Å². The molecule has 0 aromatic heterocycles. The molecule has 0 heterocycles. The van der Waals surface area contributed by atoms with Crippen LogP contribution >= 0.6 is 0 Å². The maximum absolute atomic E-state index is 12.4. The fourth-order valence-electron chi connectivity index (χ4n) is 1.32. The number of carbonyl (C=O) groups excluding carboxylic acids is 1. The number of aliphatic hydroxyl groups excluding tert-OH is 1. The van der Waals surface area contributed by atoms with E-state index in [1.165, 1.54) is 32.4 Å². The Bertz CT molecular complexity index is 378. The molecule has 0 saturated carbocycles. The van der Waals surface area contributed by atoms with Gasteiger partial charge in [-0.3, -0.25) is 0 Å². The molecule has 0 amide bonds. The Hall–Kier alpha value is -1.62. The van der Waals surface area contributed by atoms with Crippen molar-refractivity contribution in [2.75, 3.05) is 20.9 Å². The zero-order chi connectivity index (χ0) is 12.1. The van der Waals surface area contributed by atoms with Crippen LogP contribution in [0, 0.1) is 0 Å². The average Bonchev–Trinajstić information content (AvgIpc) is 2.35. The van der Waals surface area contributed by atoms with Crippen LogP contribution < -0.4 is 4.74 Å². The maximum Gasteiger partial charge on any atom is 0.337 e. The topological polar surface area (TPSA) is 55.8 Å². The van der Waals surface area contributed by atoms with Crippen molar-refractivity contribution in [3.8, 4) is 5.75 Å². The number of aliphatic hydroxyl groups is 1. The van der Waals surface area contributed by atoms with E-state index in [0.717, 1.165) is 0 Å². The molecule has 1 aromatic carbocycles. The third-order valence-corrected chi connectivity index (χ3v) is 2.16. The van der Waals surface area contributed by atoms with E-state index in [4.69, 9.17) is 4.74 Å². The van der Waals surface area contributed by atoms with Crippen LogP contribution in [0.25, 0.3) is 0 Å². The third kappa shape index (κ3) is 2.49. The summed E-state index contributed by atoms with van der Waals surface area (Å²) in [5.74, 6) is -0.215. The highest BCUT2D eigenvalue weighted by Gasteiger charge is 2.16. The van der Waals surface area contributed by atoms with Crippen molar-refractivity contribution >= 4 is 5.97 Å². The van der Waals surface area contributed by atoms with Gasteiger partial charge in [0.15, 0.2) is 0 Å². The van der Waals surface area contributed by atoms with E-state index in [-0.39, 0.29) is 11.1 Å². The van der Waals surface area contributed by atoms with E-state index >= 15 is 0 Å². The molecule has 88 valence electrons. The molecule has 0 fully saturated rings. The monoisotopic (exact) mass is 228 g/mol. The summed E-state index contributed by atoms with van der Waals surface area (Å²) < 4.78 is 21.9. The summed E-state index contributed by atoms with van der Waals surface area (Å²) in [5, 5.41) is 9.41. The summed E-state index contributed by atoms with van der Waals surface area (Å²) >= 11 is 0. The lowest BCUT2D eigenvalue weighted by molar-refractivity contribution is 0.0600. The number of esters is 1. The fraction of sp³-hybridized carbons (Fsp3) is 0.364. The average molecular weight is 228 g/mol. The molecule has 16 heavy (non-hydrogen) atoms. The smallest absolute Gasteiger partial charge is 0.337 e. The number of benzene rings is 1. The molecule has 5 heteroatoms. The Labute approximate surface area is 92.6 Å². The quantitative estimate of drug-likeness (QED) is 0.793. The molecule has 1 unspecified atom stereocenters. The van der Waals surface area contributed by atoms with Crippen molar-refractivity contribution in [3.05, 3.63) is 29.3 Å². The summed E-state index contributed by atoms with van der Waals surface area (Å²) in [6, 6.07) is 4.33. The predicted octanol–water partition coefficient (Wildman–Crippen LogP) is 1.48. The number of hydrogen-bond donors (Lipinski definition) is 1. The molecule has 0 aliphatic carbocycles. The van der Waals surface area contributed by atoms with E-state index in [0.29, 0.717) is 5.75 Å². The molecular weight excluding hydrogens is 215 g/mol. The number of alkyl halides is 1. The second kappa shape index (κ2) is 5.46. The maximum atomic E-state index is 12.4. The van der Waals surface area contributed by atoms with Crippen molar-refractivity contribution in [2.45, 2.75) is 6.10 Å². The van der Waals surface area contributed by atoms with E-state index in [9.17, 15) is 14.3 Å². The normalized spacial score (nSPS) is 12.0. The van der Waals surface area contributed by atoms with E-state index in [1.807, 2.05) is 0 Å². The molecular formula is C11H13FO4. The van der Waals surface area contributed by atoms with E-state index < -0.39 is 18.7 Å². The highest BCUT2D eigenvalue weighted by Crippen LogP contribution is 2.26. The van der Waals surface area contributed by atoms with Crippen LogP contribution in [-0.2, 0) is 4.74 Å². The molecule has 1 rings (SSSR count). The van der Waals surface area contributed by atoms with Gasteiger partial charge >= 0.3 is 5.97 Å². The van der Waals surface area contributed by atoms with Crippen molar-refractivity contribution in [1.29, 1.82) is 0 Å². The second-order valence-electron chi connectivity index (χ2n) is 3.12. The van der Waals surface area contributed by atoms with Crippen molar-refractivity contribution < 1.29 is 23.8 Å². The molecule has 4 nitrogen and oxygen atoms in total. The number of carbonyl (C=O) groups is 1. The van der Waals surface area contributed by atoms with Crippen molar-refractivity contribution in [2.24, 2.45) is 0 Å². The first-order valence-corrected chi connectivity index (χ1v) is 4.64. The third-order valence-electron chi connectivity index (χ3n) is 2.16. The minimum absolute atomic E-state index is 0.230. The Morgan fingerprint density at radius 3 is 2.69 bits per heavy atom. The molecule has 1 atom stereocenters. The van der Waals surface area contributed by atoms with Gasteiger partial charge in [0.05, 0.1) is 19.8 Å². The van der Waals surface area contributed by atoms with Crippen molar-refractivity contribution in [1.82, 2.24) is 0 Å². The van der Waals surface area contributed by atoms with Gasteiger partial charge < -0.3 is 14.6 Å². The van der Waals surface area contributed by atoms with Gasteiger partial charge in [0, 0.05) is 5.56 Å². The highest BCUT2D eigenvalue weighted by molar-refractivity contribution is 5.89. The molecule has 0 saturated heterocycles. The fourth-order valence-corrected chi connectivity index (χ4v) is 1.32. The summed E-state index contributed by atoms with van der Waals surface area (Å²) in [6.07, 6.45) is -1.31. The second-order valence-corrected chi connectivity index (χ2v) is 3.12. The first-order chi connectivity index (χ1) is 7.63. The standard InChI is InChI=1S/C11H13FO4/c1-15-10-4-3-7(11(14)16-2)5-8(10)9(13)6-12/h3-5,9,13H,6H2,1-2H3. The van der Waals surface area contributed by atoms with Crippen LogP contribution in [0.3, 0.4) is 0 Å². The largest absolute Gasteiger partial charge is 0.496 e. The van der Waals surface area contributed by atoms with Gasteiger partial charge in [-0.25, -0.2) is 9.18 Å². The van der Waals surface area contributed by atoms with E-state index in [1.54, 1.807) is 0 Å². The number of ether oxygens (including phenoxy) is 2.